The molecule has 18 heavy (non-hydrogen) atoms. The Balaban J connectivity index is 4.71. The maximum atomic E-state index is 11.5. The first-order valence-corrected chi connectivity index (χ1v) is 6.35. The zero-order valence-electron chi connectivity index (χ0n) is 11.6. The lowest BCUT2D eigenvalue weighted by Crippen LogP contribution is -2.40. The Morgan fingerprint density at radius 2 is 1.56 bits per heavy atom. The molecular weight excluding hydrogens is 232 g/mol. The quantitative estimate of drug-likeness (QED) is 0.654. The normalized spacial score (nSPS) is 12.6. The van der Waals surface area contributed by atoms with Crippen LogP contribution in [0, 0.1) is 17.3 Å². The summed E-state index contributed by atoms with van der Waals surface area (Å²) in [5.74, 6) is -1.56. The molecule has 0 saturated carbocycles. The summed E-state index contributed by atoms with van der Waals surface area (Å²) in [5, 5.41) is 18.0. The molecule has 0 atom stereocenters. The van der Waals surface area contributed by atoms with E-state index in [4.69, 9.17) is 5.11 Å². The molecule has 0 fully saturated rings. The monoisotopic (exact) mass is 256 g/mol. The van der Waals surface area contributed by atoms with E-state index in [0.717, 1.165) is 0 Å². The summed E-state index contributed by atoms with van der Waals surface area (Å²) >= 11 is 0. The molecule has 0 aliphatic carbocycles. The van der Waals surface area contributed by atoms with Crippen molar-refractivity contribution < 1.29 is 19.8 Å². The first kappa shape index (κ1) is 16.7. The van der Waals surface area contributed by atoms with E-state index < -0.39 is 17.4 Å². The van der Waals surface area contributed by atoms with E-state index >= 15 is 0 Å². The second-order valence-corrected chi connectivity index (χ2v) is 5.26. The van der Waals surface area contributed by atoms with Gasteiger partial charge in [0.25, 0.3) is 0 Å². The minimum atomic E-state index is -0.836. The maximum absolute atomic E-state index is 11.5. The van der Waals surface area contributed by atoms with Gasteiger partial charge in [-0.25, -0.2) is 0 Å². The van der Waals surface area contributed by atoms with Gasteiger partial charge in [0, 0.05) is 6.42 Å². The van der Waals surface area contributed by atoms with Crippen molar-refractivity contribution in [3.05, 3.63) is 12.2 Å². The Kier molecular flexibility index (Phi) is 6.66. The molecule has 0 spiro atoms. The van der Waals surface area contributed by atoms with Crippen molar-refractivity contribution >= 4 is 11.9 Å². The number of carbonyl (C=O) groups is 2. The summed E-state index contributed by atoms with van der Waals surface area (Å²) in [6.45, 7) is 7.66. The molecule has 0 amide bonds. The van der Waals surface area contributed by atoms with Crippen LogP contribution in [0.2, 0.25) is 0 Å². The second kappa shape index (κ2) is 7.19. The van der Waals surface area contributed by atoms with Crippen molar-refractivity contribution in [2.75, 3.05) is 0 Å². The van der Waals surface area contributed by atoms with Gasteiger partial charge in [-0.3, -0.25) is 9.59 Å². The van der Waals surface area contributed by atoms with E-state index in [1.807, 2.05) is 27.7 Å². The Bertz CT molecular complexity index is 308. The smallest absolute Gasteiger partial charge is 0.310 e. The standard InChI is InChI=1S/C14H24O4/c1-10(2)14(11(3)4,13(17)18)9-7-5-6-8-12(15)16/h5,7,10-11H,6,8-9H2,1-4H3,(H,15,16)(H,17,18). The summed E-state index contributed by atoms with van der Waals surface area (Å²) in [7, 11) is 0. The highest BCUT2D eigenvalue weighted by atomic mass is 16.4. The lowest BCUT2D eigenvalue weighted by Gasteiger charge is -2.36. The molecule has 0 rings (SSSR count). The third-order valence-electron chi connectivity index (χ3n) is 3.61. The number of hydrogen-bond acceptors (Lipinski definition) is 2. The van der Waals surface area contributed by atoms with Gasteiger partial charge in [0.15, 0.2) is 0 Å². The Morgan fingerprint density at radius 1 is 1.06 bits per heavy atom. The predicted molar refractivity (Wildman–Crippen MR) is 70.4 cm³/mol. The molecule has 0 aromatic rings. The van der Waals surface area contributed by atoms with Crippen LogP contribution in [0.1, 0.15) is 47.0 Å². The molecular formula is C14H24O4. The van der Waals surface area contributed by atoms with Crippen LogP contribution < -0.4 is 0 Å². The summed E-state index contributed by atoms with van der Waals surface area (Å²) < 4.78 is 0. The van der Waals surface area contributed by atoms with Crippen LogP contribution >= 0.6 is 0 Å². The van der Waals surface area contributed by atoms with E-state index in [1.165, 1.54) is 0 Å². The Labute approximate surface area is 109 Å². The molecule has 104 valence electrons. The third-order valence-corrected chi connectivity index (χ3v) is 3.61. The number of carboxylic acid groups (broad SMARTS) is 2. The average Bonchev–Trinajstić information content (AvgIpc) is 2.20. The van der Waals surface area contributed by atoms with Gasteiger partial charge in [-0.05, 0) is 24.7 Å². The van der Waals surface area contributed by atoms with Gasteiger partial charge in [-0.1, -0.05) is 39.8 Å². The molecule has 0 bridgehead atoms. The topological polar surface area (TPSA) is 74.6 Å². The van der Waals surface area contributed by atoms with Crippen LogP contribution in [0.3, 0.4) is 0 Å². The van der Waals surface area contributed by atoms with Crippen molar-refractivity contribution in [2.45, 2.75) is 47.0 Å². The number of aliphatic carboxylic acids is 2. The fourth-order valence-electron chi connectivity index (χ4n) is 2.32. The van der Waals surface area contributed by atoms with Gasteiger partial charge in [0.2, 0.25) is 0 Å². The lowest BCUT2D eigenvalue weighted by atomic mass is 9.66. The van der Waals surface area contributed by atoms with Crippen LogP contribution in [0.15, 0.2) is 12.2 Å². The average molecular weight is 256 g/mol. The fourth-order valence-corrected chi connectivity index (χ4v) is 2.32. The molecule has 0 unspecified atom stereocenters. The first-order chi connectivity index (χ1) is 8.25. The molecule has 2 N–H and O–H groups in total. The largest absolute Gasteiger partial charge is 0.481 e. The highest BCUT2D eigenvalue weighted by molar-refractivity contribution is 5.75. The minimum Gasteiger partial charge on any atom is -0.481 e. The van der Waals surface area contributed by atoms with Crippen molar-refractivity contribution in [3.8, 4) is 0 Å². The fraction of sp³-hybridized carbons (Fsp3) is 0.714. The van der Waals surface area contributed by atoms with Gasteiger partial charge in [0.05, 0.1) is 5.41 Å². The number of allylic oxidation sites excluding steroid dienone is 2. The van der Waals surface area contributed by atoms with Crippen LogP contribution in [0.4, 0.5) is 0 Å². The molecule has 0 aromatic carbocycles. The molecule has 0 radical (unpaired) electrons. The highest BCUT2D eigenvalue weighted by Crippen LogP contribution is 2.40. The number of rotatable bonds is 8. The van der Waals surface area contributed by atoms with Gasteiger partial charge < -0.3 is 10.2 Å². The predicted octanol–water partition coefficient (Wildman–Crippen LogP) is 3.18. The summed E-state index contributed by atoms with van der Waals surface area (Å²) in [4.78, 5) is 21.9. The molecule has 4 heteroatoms. The molecule has 0 aromatic heterocycles. The summed E-state index contributed by atoms with van der Waals surface area (Å²) in [5.41, 5.74) is -0.778. The zero-order valence-corrected chi connectivity index (χ0v) is 11.6. The number of carboxylic acids is 2. The van der Waals surface area contributed by atoms with Crippen molar-refractivity contribution in [2.24, 2.45) is 17.3 Å². The van der Waals surface area contributed by atoms with Crippen LogP contribution in [0.5, 0.6) is 0 Å². The zero-order chi connectivity index (χ0) is 14.3. The summed E-state index contributed by atoms with van der Waals surface area (Å²) in [6.07, 6.45) is 4.53. The van der Waals surface area contributed by atoms with E-state index in [-0.39, 0.29) is 18.3 Å². The summed E-state index contributed by atoms with van der Waals surface area (Å²) in [6, 6.07) is 0. The van der Waals surface area contributed by atoms with Crippen molar-refractivity contribution in [1.82, 2.24) is 0 Å². The molecule has 4 nitrogen and oxygen atoms in total. The number of hydrogen-bond donors (Lipinski definition) is 2. The first-order valence-electron chi connectivity index (χ1n) is 6.35. The van der Waals surface area contributed by atoms with E-state index in [0.29, 0.717) is 12.8 Å². The van der Waals surface area contributed by atoms with Crippen molar-refractivity contribution in [3.63, 3.8) is 0 Å². The minimum absolute atomic E-state index is 0.0270. The van der Waals surface area contributed by atoms with Crippen LogP contribution in [0.25, 0.3) is 0 Å². The van der Waals surface area contributed by atoms with Crippen molar-refractivity contribution in [1.29, 1.82) is 0 Å². The second-order valence-electron chi connectivity index (χ2n) is 5.26. The Hall–Kier alpha value is -1.32. The third kappa shape index (κ3) is 4.17. The van der Waals surface area contributed by atoms with E-state index in [9.17, 15) is 14.7 Å². The lowest BCUT2D eigenvalue weighted by molar-refractivity contribution is -0.155. The Morgan fingerprint density at radius 3 is 1.89 bits per heavy atom. The van der Waals surface area contributed by atoms with Gasteiger partial charge in [-0.2, -0.15) is 0 Å². The highest BCUT2D eigenvalue weighted by Gasteiger charge is 2.43. The molecule has 0 aliphatic rings. The van der Waals surface area contributed by atoms with Gasteiger partial charge >= 0.3 is 11.9 Å². The van der Waals surface area contributed by atoms with E-state index in [2.05, 4.69) is 0 Å². The van der Waals surface area contributed by atoms with Gasteiger partial charge in [-0.15, -0.1) is 0 Å². The molecule has 0 saturated heterocycles. The SMILES string of the molecule is CC(C)C(CC=CCCC(=O)O)(C(=O)O)C(C)C. The van der Waals surface area contributed by atoms with Gasteiger partial charge in [0.1, 0.15) is 0 Å². The van der Waals surface area contributed by atoms with E-state index in [1.54, 1.807) is 12.2 Å². The maximum Gasteiger partial charge on any atom is 0.310 e. The molecule has 0 aliphatic heterocycles. The van der Waals surface area contributed by atoms with Crippen LogP contribution in [-0.4, -0.2) is 22.2 Å². The molecule has 0 heterocycles. The van der Waals surface area contributed by atoms with Crippen LogP contribution in [-0.2, 0) is 9.59 Å².